The molecule has 1 unspecified atom stereocenters. The molecule has 2 N–H and O–H groups in total. The summed E-state index contributed by atoms with van der Waals surface area (Å²) < 4.78 is 71.3. The lowest BCUT2D eigenvalue weighted by atomic mass is 10.1. The molecule has 1 atom stereocenters. The van der Waals surface area contributed by atoms with Crippen LogP contribution in [0.1, 0.15) is 24.6 Å². The summed E-state index contributed by atoms with van der Waals surface area (Å²) in [6, 6.07) is 6.88. The van der Waals surface area contributed by atoms with Crippen LogP contribution in [0.25, 0.3) is 5.65 Å². The van der Waals surface area contributed by atoms with Crippen LogP contribution in [0, 0.1) is 5.92 Å². The van der Waals surface area contributed by atoms with Gasteiger partial charge in [0.1, 0.15) is 11.5 Å². The number of ether oxygens (including phenoxy) is 1. The summed E-state index contributed by atoms with van der Waals surface area (Å²) in [5, 5.41) is 14.2. The van der Waals surface area contributed by atoms with Crippen LogP contribution in [0.15, 0.2) is 24.4 Å². The number of imidazole rings is 1. The number of pyridine rings is 1. The molecule has 40 heavy (non-hydrogen) atoms. The smallest absolute Gasteiger partial charge is 0.475 e. The van der Waals surface area contributed by atoms with E-state index in [9.17, 15) is 26.3 Å². The van der Waals surface area contributed by atoms with Gasteiger partial charge in [0.05, 0.1) is 24.9 Å². The first-order chi connectivity index (χ1) is 18.7. The zero-order valence-electron chi connectivity index (χ0n) is 21.7. The summed E-state index contributed by atoms with van der Waals surface area (Å²) in [5.74, 6) is -3.36. The monoisotopic (exact) mass is 583 g/mol. The lowest BCUT2D eigenvalue weighted by Crippen LogP contribution is -2.47. The molecule has 0 aromatic carbocycles. The van der Waals surface area contributed by atoms with E-state index in [0.29, 0.717) is 6.04 Å². The number of halogens is 6. The third kappa shape index (κ3) is 8.96. The number of alkyl halides is 6. The molecular weight excluding hydrogens is 552 g/mol. The van der Waals surface area contributed by atoms with Crippen LogP contribution in [0.5, 0.6) is 0 Å². The molecule has 1 saturated carbocycles. The Kier molecular flexibility index (Phi) is 10.2. The Morgan fingerprint density at radius 2 is 1.55 bits per heavy atom. The van der Waals surface area contributed by atoms with E-state index in [2.05, 4.69) is 50.5 Å². The molecule has 10 nitrogen and oxygen atoms in total. The molecule has 2 aliphatic heterocycles. The van der Waals surface area contributed by atoms with Crippen LogP contribution in [0.3, 0.4) is 0 Å². The Hall–Kier alpha value is -3.11. The van der Waals surface area contributed by atoms with Gasteiger partial charge < -0.3 is 24.7 Å². The quantitative estimate of drug-likeness (QED) is 0.525. The third-order valence-corrected chi connectivity index (χ3v) is 6.53. The van der Waals surface area contributed by atoms with Crippen molar-refractivity contribution in [2.75, 3.05) is 64.4 Å². The molecular formula is C24H31F6N5O5. The topological polar surface area (TPSA) is 111 Å². The van der Waals surface area contributed by atoms with Crippen molar-refractivity contribution in [3.63, 3.8) is 0 Å². The van der Waals surface area contributed by atoms with Crippen LogP contribution >= 0.6 is 0 Å². The normalized spacial score (nSPS) is 20.8. The van der Waals surface area contributed by atoms with Crippen molar-refractivity contribution in [1.82, 2.24) is 19.2 Å². The Labute approximate surface area is 225 Å². The minimum absolute atomic E-state index is 0.409. The molecule has 0 radical (unpaired) electrons. The summed E-state index contributed by atoms with van der Waals surface area (Å²) >= 11 is 0. The van der Waals surface area contributed by atoms with Gasteiger partial charge in [0, 0.05) is 45.5 Å². The molecule has 0 amide bonds. The first kappa shape index (κ1) is 31.4. The Morgan fingerprint density at radius 3 is 2.08 bits per heavy atom. The number of likely N-dealkylation sites (N-methyl/N-ethyl adjacent to an activating group) is 1. The molecule has 3 fully saturated rings. The standard InChI is InChI=1S/C20H29N5O.2C2HF3O2/c1-22-7-8-24(13-16-5-6-16)18(15-22)17-14-25-19(21-17)3-2-4-20(25)23-9-11-26-12-10-23;2*3-2(4,5)1(6)7/h2-4,14,16,18H,5-13,15H2,1H3;2*(H,6,7). The van der Waals surface area contributed by atoms with Gasteiger partial charge in [-0.25, -0.2) is 14.6 Å². The van der Waals surface area contributed by atoms with Gasteiger partial charge in [0.25, 0.3) is 0 Å². The number of morpholine rings is 1. The predicted molar refractivity (Wildman–Crippen MR) is 130 cm³/mol. The van der Waals surface area contributed by atoms with E-state index >= 15 is 0 Å². The van der Waals surface area contributed by atoms with Crippen molar-refractivity contribution in [3.05, 3.63) is 30.1 Å². The van der Waals surface area contributed by atoms with Crippen LogP contribution in [-0.4, -0.2) is 113 Å². The molecule has 1 aliphatic carbocycles. The Morgan fingerprint density at radius 1 is 0.975 bits per heavy atom. The predicted octanol–water partition coefficient (Wildman–Crippen LogP) is 3.14. The van der Waals surface area contributed by atoms with Crippen molar-refractivity contribution >= 4 is 23.4 Å². The van der Waals surface area contributed by atoms with Crippen molar-refractivity contribution in [3.8, 4) is 0 Å². The highest BCUT2D eigenvalue weighted by Crippen LogP contribution is 2.34. The third-order valence-electron chi connectivity index (χ3n) is 6.53. The van der Waals surface area contributed by atoms with Gasteiger partial charge in [-0.15, -0.1) is 0 Å². The number of carboxylic acid groups (broad SMARTS) is 2. The van der Waals surface area contributed by atoms with E-state index in [1.54, 1.807) is 0 Å². The average molecular weight is 584 g/mol. The number of fused-ring (bicyclic) bond motifs is 1. The van der Waals surface area contributed by atoms with E-state index in [0.717, 1.165) is 57.5 Å². The highest BCUT2D eigenvalue weighted by Gasteiger charge is 2.39. The maximum atomic E-state index is 10.6. The molecule has 2 aromatic rings. The molecule has 0 spiro atoms. The SMILES string of the molecule is CN1CCN(CC2CC2)C(c2cn3c(N4CCOCC4)cccc3n2)C1.O=C(O)C(F)(F)F.O=C(O)C(F)(F)F. The minimum atomic E-state index is -5.08. The van der Waals surface area contributed by atoms with Gasteiger partial charge >= 0.3 is 24.3 Å². The Balaban J connectivity index is 0.000000263. The zero-order chi connectivity index (χ0) is 29.7. The first-order valence-electron chi connectivity index (χ1n) is 12.5. The minimum Gasteiger partial charge on any atom is -0.475 e. The molecule has 2 saturated heterocycles. The van der Waals surface area contributed by atoms with Crippen LogP contribution in [0.4, 0.5) is 32.2 Å². The van der Waals surface area contributed by atoms with E-state index in [1.165, 1.54) is 30.9 Å². The van der Waals surface area contributed by atoms with E-state index in [-0.39, 0.29) is 0 Å². The average Bonchev–Trinajstić information content (AvgIpc) is 3.59. The molecule has 16 heteroatoms. The lowest BCUT2D eigenvalue weighted by Gasteiger charge is -2.39. The second kappa shape index (κ2) is 13.0. The number of anilines is 1. The molecule has 5 rings (SSSR count). The fourth-order valence-corrected chi connectivity index (χ4v) is 4.31. The highest BCUT2D eigenvalue weighted by molar-refractivity contribution is 5.73. The molecule has 0 bridgehead atoms. The number of nitrogens with zero attached hydrogens (tertiary/aromatic N) is 5. The van der Waals surface area contributed by atoms with Crippen molar-refractivity contribution in [1.29, 1.82) is 0 Å². The molecule has 2 aromatic heterocycles. The summed E-state index contributed by atoms with van der Waals surface area (Å²) in [6.45, 7) is 8.14. The van der Waals surface area contributed by atoms with E-state index < -0.39 is 24.3 Å². The number of hydrogen-bond donors (Lipinski definition) is 2. The van der Waals surface area contributed by atoms with Crippen LogP contribution in [-0.2, 0) is 14.3 Å². The number of carbonyl (C=O) groups is 2. The van der Waals surface area contributed by atoms with Crippen LogP contribution in [0.2, 0.25) is 0 Å². The van der Waals surface area contributed by atoms with Gasteiger partial charge in [0.2, 0.25) is 0 Å². The van der Waals surface area contributed by atoms with Gasteiger partial charge in [-0.05, 0) is 37.9 Å². The van der Waals surface area contributed by atoms with Gasteiger partial charge in [-0.1, -0.05) is 6.07 Å². The summed E-state index contributed by atoms with van der Waals surface area (Å²) in [7, 11) is 2.23. The number of hydrogen-bond acceptors (Lipinski definition) is 7. The second-order valence-electron chi connectivity index (χ2n) is 9.70. The fourth-order valence-electron chi connectivity index (χ4n) is 4.31. The number of carboxylic acids is 2. The zero-order valence-corrected chi connectivity index (χ0v) is 21.7. The van der Waals surface area contributed by atoms with E-state index in [1.807, 2.05) is 0 Å². The first-order valence-corrected chi connectivity index (χ1v) is 12.5. The van der Waals surface area contributed by atoms with Crippen molar-refractivity contribution in [2.24, 2.45) is 5.92 Å². The molecule has 4 heterocycles. The van der Waals surface area contributed by atoms with Crippen molar-refractivity contribution in [2.45, 2.75) is 31.2 Å². The molecule has 3 aliphatic rings. The number of piperazine rings is 1. The van der Waals surface area contributed by atoms with Gasteiger partial charge in [0.15, 0.2) is 0 Å². The van der Waals surface area contributed by atoms with Gasteiger partial charge in [-0.3, -0.25) is 9.30 Å². The van der Waals surface area contributed by atoms with Crippen molar-refractivity contribution < 1.29 is 50.9 Å². The fraction of sp³-hybridized carbons (Fsp3) is 0.625. The second-order valence-corrected chi connectivity index (χ2v) is 9.70. The molecule has 224 valence electrons. The van der Waals surface area contributed by atoms with E-state index in [4.69, 9.17) is 29.5 Å². The lowest BCUT2D eigenvalue weighted by molar-refractivity contribution is -0.193. The maximum Gasteiger partial charge on any atom is 0.490 e. The van der Waals surface area contributed by atoms with Crippen LogP contribution < -0.4 is 4.90 Å². The number of aliphatic carboxylic acids is 2. The highest BCUT2D eigenvalue weighted by atomic mass is 19.4. The van der Waals surface area contributed by atoms with Gasteiger partial charge in [-0.2, -0.15) is 26.3 Å². The largest absolute Gasteiger partial charge is 0.490 e. The summed E-state index contributed by atoms with van der Waals surface area (Å²) in [4.78, 5) is 30.4. The Bertz CT molecular complexity index is 1120. The maximum absolute atomic E-state index is 10.6. The summed E-state index contributed by atoms with van der Waals surface area (Å²) in [5.41, 5.74) is 2.28. The number of aromatic nitrogens is 2. The summed E-state index contributed by atoms with van der Waals surface area (Å²) in [6.07, 6.45) is -5.07. The number of rotatable bonds is 4.